The third-order valence-corrected chi connectivity index (χ3v) is 5.16. The fourth-order valence-electron chi connectivity index (χ4n) is 3.59. The fraction of sp³-hybridized carbons (Fsp3) is 0.667. The van der Waals surface area contributed by atoms with Crippen molar-refractivity contribution >= 4 is 5.91 Å². The molecule has 0 N–H and O–H groups in total. The summed E-state index contributed by atoms with van der Waals surface area (Å²) in [7, 11) is 0. The standard InChI is InChI=1S/C18H25N5O2/c1-12-9-13(2)23(20-12)8-6-17(24)22-7-5-14(11-22)10-16-19-18(25-21-16)15-3-4-15/h9,14-15H,3-8,10-11H2,1-2H3. The normalized spacial score (nSPS) is 20.4. The number of nitrogens with zero attached hydrogens (tertiary/aromatic N) is 5. The Labute approximate surface area is 147 Å². The van der Waals surface area contributed by atoms with Gasteiger partial charge in [-0.25, -0.2) is 0 Å². The molecule has 2 aliphatic rings. The van der Waals surface area contributed by atoms with E-state index in [1.807, 2.05) is 29.5 Å². The molecule has 0 radical (unpaired) electrons. The number of likely N-dealkylation sites (tertiary alicyclic amines) is 1. The van der Waals surface area contributed by atoms with Crippen molar-refractivity contribution in [2.45, 2.75) is 58.4 Å². The lowest BCUT2D eigenvalue weighted by Crippen LogP contribution is -2.30. The van der Waals surface area contributed by atoms with E-state index in [4.69, 9.17) is 4.52 Å². The van der Waals surface area contributed by atoms with Gasteiger partial charge in [0, 0.05) is 44.1 Å². The van der Waals surface area contributed by atoms with Gasteiger partial charge in [0.05, 0.1) is 5.69 Å². The van der Waals surface area contributed by atoms with Crippen molar-refractivity contribution < 1.29 is 9.32 Å². The van der Waals surface area contributed by atoms with Crippen LogP contribution in [0, 0.1) is 19.8 Å². The Kier molecular flexibility index (Phi) is 4.31. The Bertz CT molecular complexity index is 761. The summed E-state index contributed by atoms with van der Waals surface area (Å²) in [5, 5.41) is 8.52. The molecule has 1 aliphatic heterocycles. The van der Waals surface area contributed by atoms with Crippen molar-refractivity contribution in [2.75, 3.05) is 13.1 Å². The quantitative estimate of drug-likeness (QED) is 0.804. The minimum absolute atomic E-state index is 0.210. The van der Waals surface area contributed by atoms with Crippen LogP contribution >= 0.6 is 0 Å². The molecule has 2 fully saturated rings. The van der Waals surface area contributed by atoms with Crippen LogP contribution in [0.4, 0.5) is 0 Å². The Morgan fingerprint density at radius 3 is 2.88 bits per heavy atom. The van der Waals surface area contributed by atoms with E-state index in [9.17, 15) is 4.79 Å². The average molecular weight is 343 g/mol. The van der Waals surface area contributed by atoms with E-state index in [1.54, 1.807) is 0 Å². The van der Waals surface area contributed by atoms with E-state index in [1.165, 1.54) is 12.8 Å². The van der Waals surface area contributed by atoms with Crippen molar-refractivity contribution in [3.05, 3.63) is 29.2 Å². The lowest BCUT2D eigenvalue weighted by atomic mass is 10.1. The van der Waals surface area contributed by atoms with E-state index >= 15 is 0 Å². The van der Waals surface area contributed by atoms with Crippen LogP contribution in [-0.4, -0.2) is 43.8 Å². The van der Waals surface area contributed by atoms with Gasteiger partial charge >= 0.3 is 0 Å². The molecule has 2 aromatic rings. The highest BCUT2D eigenvalue weighted by molar-refractivity contribution is 5.76. The molecule has 0 bridgehead atoms. The number of hydrogen-bond acceptors (Lipinski definition) is 5. The molecule has 4 rings (SSSR count). The number of carbonyl (C=O) groups excluding carboxylic acids is 1. The fourth-order valence-corrected chi connectivity index (χ4v) is 3.59. The zero-order valence-corrected chi connectivity index (χ0v) is 14.9. The summed E-state index contributed by atoms with van der Waals surface area (Å²) in [6.45, 7) is 6.27. The van der Waals surface area contributed by atoms with Crippen LogP contribution in [0.5, 0.6) is 0 Å². The Balaban J connectivity index is 1.26. The number of amides is 1. The molecular weight excluding hydrogens is 318 g/mol. The maximum Gasteiger partial charge on any atom is 0.229 e. The molecule has 1 amide bonds. The van der Waals surface area contributed by atoms with Crippen molar-refractivity contribution in [1.29, 1.82) is 0 Å². The predicted octanol–water partition coefficient (Wildman–Crippen LogP) is 2.24. The van der Waals surface area contributed by atoms with E-state index in [0.717, 1.165) is 49.0 Å². The van der Waals surface area contributed by atoms with Crippen LogP contribution < -0.4 is 0 Å². The predicted molar refractivity (Wildman–Crippen MR) is 91.0 cm³/mol. The number of hydrogen-bond donors (Lipinski definition) is 0. The molecular formula is C18H25N5O2. The van der Waals surface area contributed by atoms with Crippen molar-refractivity contribution in [3.63, 3.8) is 0 Å². The minimum Gasteiger partial charge on any atom is -0.342 e. The van der Waals surface area contributed by atoms with E-state index in [-0.39, 0.29) is 5.91 Å². The van der Waals surface area contributed by atoms with Crippen LogP contribution in [0.2, 0.25) is 0 Å². The van der Waals surface area contributed by atoms with E-state index < -0.39 is 0 Å². The summed E-state index contributed by atoms with van der Waals surface area (Å²) in [6, 6.07) is 2.04. The van der Waals surface area contributed by atoms with Gasteiger partial charge in [0.15, 0.2) is 5.82 Å². The van der Waals surface area contributed by atoms with Crippen molar-refractivity contribution in [2.24, 2.45) is 5.92 Å². The number of rotatable bonds is 6. The number of aromatic nitrogens is 4. The third-order valence-electron chi connectivity index (χ3n) is 5.16. The molecule has 1 saturated heterocycles. The van der Waals surface area contributed by atoms with Gasteiger partial charge in [0.25, 0.3) is 0 Å². The molecule has 1 atom stereocenters. The zero-order chi connectivity index (χ0) is 17.4. The Hall–Kier alpha value is -2.18. The second-order valence-corrected chi connectivity index (χ2v) is 7.42. The van der Waals surface area contributed by atoms with Crippen molar-refractivity contribution in [1.82, 2.24) is 24.8 Å². The largest absolute Gasteiger partial charge is 0.342 e. The van der Waals surface area contributed by atoms with E-state index in [2.05, 4.69) is 15.2 Å². The number of aryl methyl sites for hydroxylation is 3. The topological polar surface area (TPSA) is 77.0 Å². The smallest absolute Gasteiger partial charge is 0.229 e. The maximum absolute atomic E-state index is 12.5. The molecule has 0 aromatic carbocycles. The van der Waals surface area contributed by atoms with Crippen LogP contribution in [-0.2, 0) is 17.8 Å². The van der Waals surface area contributed by atoms with Gasteiger partial charge in [0.1, 0.15) is 0 Å². The summed E-state index contributed by atoms with van der Waals surface area (Å²) in [5.74, 6) is 2.73. The minimum atomic E-state index is 0.210. The van der Waals surface area contributed by atoms with Crippen LogP contribution in [0.3, 0.4) is 0 Å². The Morgan fingerprint density at radius 1 is 1.32 bits per heavy atom. The first-order valence-electron chi connectivity index (χ1n) is 9.20. The summed E-state index contributed by atoms with van der Waals surface area (Å²) in [4.78, 5) is 18.9. The van der Waals surface area contributed by atoms with E-state index in [0.29, 0.717) is 24.8 Å². The highest BCUT2D eigenvalue weighted by atomic mass is 16.5. The first kappa shape index (κ1) is 16.3. The van der Waals surface area contributed by atoms with Gasteiger partial charge < -0.3 is 9.42 Å². The van der Waals surface area contributed by atoms with Crippen LogP contribution in [0.25, 0.3) is 0 Å². The molecule has 134 valence electrons. The van der Waals surface area contributed by atoms with Gasteiger partial charge in [-0.2, -0.15) is 10.1 Å². The monoisotopic (exact) mass is 343 g/mol. The molecule has 25 heavy (non-hydrogen) atoms. The zero-order valence-electron chi connectivity index (χ0n) is 14.9. The van der Waals surface area contributed by atoms with Gasteiger partial charge in [-0.15, -0.1) is 0 Å². The summed E-state index contributed by atoms with van der Waals surface area (Å²) >= 11 is 0. The molecule has 0 spiro atoms. The summed E-state index contributed by atoms with van der Waals surface area (Å²) in [5.41, 5.74) is 2.10. The van der Waals surface area contributed by atoms with Crippen molar-refractivity contribution in [3.8, 4) is 0 Å². The first-order valence-corrected chi connectivity index (χ1v) is 9.20. The molecule has 1 aliphatic carbocycles. The van der Waals surface area contributed by atoms with Gasteiger partial charge in [0.2, 0.25) is 11.8 Å². The molecule has 1 saturated carbocycles. The lowest BCUT2D eigenvalue weighted by Gasteiger charge is -2.16. The van der Waals surface area contributed by atoms with Crippen LogP contribution in [0.1, 0.15) is 54.7 Å². The molecule has 7 heteroatoms. The van der Waals surface area contributed by atoms with Gasteiger partial charge in [-0.3, -0.25) is 9.48 Å². The SMILES string of the molecule is Cc1cc(C)n(CCC(=O)N2CCC(Cc3noc(C4CC4)n3)C2)n1. The summed E-state index contributed by atoms with van der Waals surface area (Å²) in [6.07, 6.45) is 4.66. The highest BCUT2D eigenvalue weighted by Gasteiger charge is 2.31. The molecule has 1 unspecified atom stereocenters. The summed E-state index contributed by atoms with van der Waals surface area (Å²) < 4.78 is 7.24. The van der Waals surface area contributed by atoms with Crippen LogP contribution in [0.15, 0.2) is 10.6 Å². The number of carbonyl (C=O) groups is 1. The lowest BCUT2D eigenvalue weighted by molar-refractivity contribution is -0.130. The van der Waals surface area contributed by atoms with Gasteiger partial charge in [-0.1, -0.05) is 5.16 Å². The van der Waals surface area contributed by atoms with Gasteiger partial charge in [-0.05, 0) is 45.1 Å². The third kappa shape index (κ3) is 3.75. The maximum atomic E-state index is 12.5. The molecule has 7 nitrogen and oxygen atoms in total. The highest BCUT2D eigenvalue weighted by Crippen LogP contribution is 2.39. The second-order valence-electron chi connectivity index (χ2n) is 7.42. The average Bonchev–Trinajstić information content (AvgIpc) is 3.00. The molecule has 2 aromatic heterocycles. The first-order chi connectivity index (χ1) is 12.1. The Morgan fingerprint density at radius 2 is 2.16 bits per heavy atom. The molecule has 3 heterocycles. The second kappa shape index (κ2) is 6.61.